The minimum absolute atomic E-state index is 0.148. The Labute approximate surface area is 158 Å². The summed E-state index contributed by atoms with van der Waals surface area (Å²) in [5.74, 6) is -0.744. The second-order valence-corrected chi connectivity index (χ2v) is 7.34. The van der Waals surface area contributed by atoms with Crippen LogP contribution in [0.15, 0.2) is 42.5 Å². The van der Waals surface area contributed by atoms with Crippen molar-refractivity contribution in [2.45, 2.75) is 0 Å². The molecule has 0 aliphatic rings. The number of likely N-dealkylation sites (N-methyl/N-ethyl adjacent to an activating group) is 1. The Balaban J connectivity index is 2.00. The zero-order valence-electron chi connectivity index (χ0n) is 14.8. The van der Waals surface area contributed by atoms with E-state index in [1.165, 1.54) is 52.6 Å². The number of fused-ring (bicyclic) bond motifs is 1. The summed E-state index contributed by atoms with van der Waals surface area (Å²) in [5.41, 5.74) is 0.666. The van der Waals surface area contributed by atoms with Crippen LogP contribution < -0.4 is 9.80 Å². The molecule has 0 saturated heterocycles. The Bertz CT molecular complexity index is 1010. The van der Waals surface area contributed by atoms with E-state index in [1.807, 2.05) is 14.1 Å². The number of carbonyl (C=O) groups excluding carboxylic acids is 1. The van der Waals surface area contributed by atoms with E-state index >= 15 is 0 Å². The number of nitrogens with zero attached hydrogens (tertiary/aromatic N) is 3. The van der Waals surface area contributed by atoms with E-state index in [0.717, 1.165) is 4.90 Å². The van der Waals surface area contributed by atoms with Gasteiger partial charge < -0.3 is 4.90 Å². The van der Waals surface area contributed by atoms with Crippen LogP contribution in [0.4, 0.5) is 15.2 Å². The van der Waals surface area contributed by atoms with Gasteiger partial charge in [0.25, 0.3) is 11.6 Å². The van der Waals surface area contributed by atoms with E-state index in [9.17, 15) is 19.3 Å². The number of aromatic nitrogens is 1. The fraction of sp³-hybridized carbons (Fsp3) is 0.222. The number of amides is 1. The summed E-state index contributed by atoms with van der Waals surface area (Å²) in [5, 5.41) is 11.4. The first-order valence-corrected chi connectivity index (χ1v) is 9.08. The number of halogens is 1. The molecule has 27 heavy (non-hydrogen) atoms. The van der Waals surface area contributed by atoms with E-state index in [0.29, 0.717) is 28.4 Å². The van der Waals surface area contributed by atoms with Crippen LogP contribution in [0, 0.1) is 15.9 Å². The molecular weight excluding hydrogens is 371 g/mol. The second-order valence-electron chi connectivity index (χ2n) is 6.33. The first-order valence-electron chi connectivity index (χ1n) is 8.26. The van der Waals surface area contributed by atoms with Crippen molar-refractivity contribution in [1.29, 1.82) is 0 Å². The van der Waals surface area contributed by atoms with Gasteiger partial charge >= 0.3 is 0 Å². The number of quaternary nitrogens is 1. The number of nitro benzene ring substituents is 1. The number of thiazole rings is 1. The van der Waals surface area contributed by atoms with Gasteiger partial charge in [-0.2, -0.15) is 0 Å². The van der Waals surface area contributed by atoms with Crippen LogP contribution in [0.2, 0.25) is 0 Å². The van der Waals surface area contributed by atoms with Crippen LogP contribution in [0.5, 0.6) is 0 Å². The molecule has 1 N–H and O–H groups in total. The van der Waals surface area contributed by atoms with Crippen LogP contribution in [0.3, 0.4) is 0 Å². The van der Waals surface area contributed by atoms with Gasteiger partial charge in [-0.15, -0.1) is 0 Å². The first kappa shape index (κ1) is 18.9. The smallest absolute Gasteiger partial charge is 0.270 e. The van der Waals surface area contributed by atoms with Crippen LogP contribution in [-0.2, 0) is 0 Å². The Morgan fingerprint density at radius 2 is 2.07 bits per heavy atom. The summed E-state index contributed by atoms with van der Waals surface area (Å²) in [6, 6.07) is 9.88. The molecule has 0 spiro atoms. The average molecular weight is 389 g/mol. The highest BCUT2D eigenvalue weighted by molar-refractivity contribution is 7.22. The van der Waals surface area contributed by atoms with Gasteiger partial charge in [-0.05, 0) is 24.3 Å². The molecule has 2 aromatic carbocycles. The maximum atomic E-state index is 13.5. The van der Waals surface area contributed by atoms with E-state index in [4.69, 9.17) is 0 Å². The SMILES string of the molecule is C[NH+](C)CCN(C(=O)c1cccc([N+](=O)[O-])c1)c1nc2ccc(F)cc2s1. The number of carbonyl (C=O) groups is 1. The molecule has 3 rings (SSSR count). The molecule has 1 aromatic heterocycles. The van der Waals surface area contributed by atoms with Gasteiger partial charge in [0, 0.05) is 17.7 Å². The third kappa shape index (κ3) is 4.26. The third-order valence-electron chi connectivity index (χ3n) is 3.95. The number of rotatable bonds is 6. The number of non-ortho nitro benzene ring substituents is 1. The molecule has 3 aromatic rings. The number of nitrogens with one attached hydrogen (secondary N) is 1. The summed E-state index contributed by atoms with van der Waals surface area (Å²) < 4.78 is 14.1. The predicted molar refractivity (Wildman–Crippen MR) is 102 cm³/mol. The lowest BCUT2D eigenvalue weighted by atomic mass is 10.2. The molecule has 0 aliphatic carbocycles. The molecule has 9 heteroatoms. The van der Waals surface area contributed by atoms with Crippen molar-refractivity contribution in [3.05, 3.63) is 64.0 Å². The number of anilines is 1. The maximum Gasteiger partial charge on any atom is 0.270 e. The van der Waals surface area contributed by atoms with Crippen LogP contribution >= 0.6 is 11.3 Å². The monoisotopic (exact) mass is 389 g/mol. The molecule has 0 aliphatic heterocycles. The van der Waals surface area contributed by atoms with Crippen molar-refractivity contribution in [2.75, 3.05) is 32.1 Å². The van der Waals surface area contributed by atoms with E-state index < -0.39 is 4.92 Å². The summed E-state index contributed by atoms with van der Waals surface area (Å²) in [6.45, 7) is 1.04. The Hall–Kier alpha value is -2.91. The molecule has 0 saturated carbocycles. The van der Waals surface area contributed by atoms with E-state index in [2.05, 4.69) is 4.98 Å². The Kier molecular flexibility index (Phi) is 5.43. The predicted octanol–water partition coefficient (Wildman–Crippen LogP) is 2.13. The van der Waals surface area contributed by atoms with Gasteiger partial charge in [0.15, 0.2) is 5.13 Å². The highest BCUT2D eigenvalue weighted by atomic mass is 32.1. The number of nitro groups is 1. The highest BCUT2D eigenvalue weighted by Crippen LogP contribution is 2.30. The average Bonchev–Trinajstić information content (AvgIpc) is 3.04. The minimum Gasteiger partial charge on any atom is -0.338 e. The highest BCUT2D eigenvalue weighted by Gasteiger charge is 2.23. The zero-order chi connectivity index (χ0) is 19.6. The van der Waals surface area contributed by atoms with Gasteiger partial charge in [-0.1, -0.05) is 17.4 Å². The minimum atomic E-state index is -0.536. The molecule has 1 amide bonds. The largest absolute Gasteiger partial charge is 0.338 e. The van der Waals surface area contributed by atoms with E-state index in [1.54, 1.807) is 6.07 Å². The van der Waals surface area contributed by atoms with Gasteiger partial charge in [-0.3, -0.25) is 19.8 Å². The first-order chi connectivity index (χ1) is 12.8. The van der Waals surface area contributed by atoms with Gasteiger partial charge in [0.1, 0.15) is 5.82 Å². The fourth-order valence-electron chi connectivity index (χ4n) is 2.53. The van der Waals surface area contributed by atoms with Crippen molar-refractivity contribution in [2.24, 2.45) is 0 Å². The fourth-order valence-corrected chi connectivity index (χ4v) is 3.54. The summed E-state index contributed by atoms with van der Waals surface area (Å²) in [7, 11) is 3.92. The molecular formula is C18H18FN4O3S+. The van der Waals surface area contributed by atoms with Crippen LogP contribution in [-0.4, -0.2) is 43.0 Å². The quantitative estimate of drug-likeness (QED) is 0.517. The summed E-state index contributed by atoms with van der Waals surface area (Å²) >= 11 is 1.22. The van der Waals surface area contributed by atoms with Crippen molar-refractivity contribution in [3.63, 3.8) is 0 Å². The molecule has 0 bridgehead atoms. The van der Waals surface area contributed by atoms with Crippen LogP contribution in [0.1, 0.15) is 10.4 Å². The summed E-state index contributed by atoms with van der Waals surface area (Å²) in [6.07, 6.45) is 0. The summed E-state index contributed by atoms with van der Waals surface area (Å²) in [4.78, 5) is 30.6. The third-order valence-corrected chi connectivity index (χ3v) is 5.00. The zero-order valence-corrected chi connectivity index (χ0v) is 15.6. The number of hydrogen-bond donors (Lipinski definition) is 1. The topological polar surface area (TPSA) is 80.8 Å². The van der Waals surface area contributed by atoms with Crippen LogP contribution in [0.25, 0.3) is 10.2 Å². The second kappa shape index (κ2) is 7.77. The van der Waals surface area contributed by atoms with Crippen molar-refractivity contribution in [1.82, 2.24) is 4.98 Å². The van der Waals surface area contributed by atoms with Crippen molar-refractivity contribution < 1.29 is 19.0 Å². The van der Waals surface area contributed by atoms with Gasteiger partial charge in [-0.25, -0.2) is 9.37 Å². The standard InChI is InChI=1S/C18H17FN4O3S/c1-21(2)8-9-22(17(24)12-4-3-5-14(10-12)23(25)26)18-20-15-7-6-13(19)11-16(15)27-18/h3-7,10-11H,8-9H2,1-2H3/p+1. The molecule has 7 nitrogen and oxygen atoms in total. The normalized spacial score (nSPS) is 11.1. The molecule has 0 fully saturated rings. The van der Waals surface area contributed by atoms with Crippen molar-refractivity contribution in [3.8, 4) is 0 Å². The van der Waals surface area contributed by atoms with E-state index in [-0.39, 0.29) is 23.0 Å². The Morgan fingerprint density at radius 1 is 1.30 bits per heavy atom. The molecule has 140 valence electrons. The Morgan fingerprint density at radius 3 is 2.78 bits per heavy atom. The molecule has 0 atom stereocenters. The lowest BCUT2D eigenvalue weighted by Gasteiger charge is -2.20. The molecule has 0 unspecified atom stereocenters. The lowest BCUT2D eigenvalue weighted by molar-refractivity contribution is -0.856. The lowest BCUT2D eigenvalue weighted by Crippen LogP contribution is -3.06. The molecule has 0 radical (unpaired) electrons. The number of hydrogen-bond acceptors (Lipinski definition) is 5. The molecule has 1 heterocycles. The van der Waals surface area contributed by atoms with Gasteiger partial charge in [0.2, 0.25) is 0 Å². The van der Waals surface area contributed by atoms with Gasteiger partial charge in [0.05, 0.1) is 42.3 Å². The van der Waals surface area contributed by atoms with Crippen molar-refractivity contribution >= 4 is 38.3 Å². The number of benzene rings is 2. The maximum absolute atomic E-state index is 13.5.